The van der Waals surface area contributed by atoms with Gasteiger partial charge in [-0.1, -0.05) is 12.1 Å². The Hall–Kier alpha value is -2.37. The van der Waals surface area contributed by atoms with E-state index in [-0.39, 0.29) is 24.7 Å². The maximum Gasteiger partial charge on any atom is 0.303 e. The average Bonchev–Trinajstić information content (AvgIpc) is 2.44. The first-order chi connectivity index (χ1) is 9.88. The van der Waals surface area contributed by atoms with Gasteiger partial charge in [0, 0.05) is 32.6 Å². The summed E-state index contributed by atoms with van der Waals surface area (Å²) in [6.45, 7) is 0. The smallest absolute Gasteiger partial charge is 0.303 e. The molecule has 2 amide bonds. The maximum absolute atomic E-state index is 11.5. The summed E-state index contributed by atoms with van der Waals surface area (Å²) in [4.78, 5) is 34.9. The van der Waals surface area contributed by atoms with E-state index >= 15 is 0 Å². The van der Waals surface area contributed by atoms with Crippen molar-refractivity contribution in [3.05, 3.63) is 29.8 Å². The van der Waals surface area contributed by atoms with Crippen LogP contribution >= 0.6 is 0 Å². The first-order valence-corrected chi connectivity index (χ1v) is 6.69. The molecule has 6 nitrogen and oxygen atoms in total. The van der Waals surface area contributed by atoms with Crippen molar-refractivity contribution in [2.45, 2.75) is 25.7 Å². The highest BCUT2D eigenvalue weighted by molar-refractivity contribution is 5.92. The van der Waals surface area contributed by atoms with E-state index in [4.69, 9.17) is 5.11 Å². The van der Waals surface area contributed by atoms with E-state index in [0.29, 0.717) is 18.5 Å². The zero-order chi connectivity index (χ0) is 15.8. The molecule has 0 aliphatic rings. The van der Waals surface area contributed by atoms with Gasteiger partial charge in [-0.05, 0) is 24.1 Å². The van der Waals surface area contributed by atoms with Gasteiger partial charge in [-0.25, -0.2) is 0 Å². The largest absolute Gasteiger partial charge is 0.481 e. The van der Waals surface area contributed by atoms with Gasteiger partial charge in [0.15, 0.2) is 0 Å². The van der Waals surface area contributed by atoms with Crippen LogP contribution in [0.4, 0.5) is 5.69 Å². The molecular formula is C15H20N2O4. The third kappa shape index (κ3) is 6.56. The van der Waals surface area contributed by atoms with Gasteiger partial charge in [0.2, 0.25) is 11.8 Å². The van der Waals surface area contributed by atoms with E-state index < -0.39 is 5.97 Å². The number of benzene rings is 1. The summed E-state index contributed by atoms with van der Waals surface area (Å²) >= 11 is 0. The van der Waals surface area contributed by atoms with Gasteiger partial charge in [-0.2, -0.15) is 0 Å². The highest BCUT2D eigenvalue weighted by Gasteiger charge is 2.07. The van der Waals surface area contributed by atoms with Crippen molar-refractivity contribution in [2.75, 3.05) is 19.4 Å². The zero-order valence-electron chi connectivity index (χ0n) is 12.3. The molecular weight excluding hydrogens is 272 g/mol. The number of amides is 2. The third-order valence-electron chi connectivity index (χ3n) is 2.93. The predicted octanol–water partition coefficient (Wildman–Crippen LogP) is 1.51. The molecule has 0 radical (unpaired) electrons. The first-order valence-electron chi connectivity index (χ1n) is 6.69. The number of nitrogens with one attached hydrogen (secondary N) is 1. The van der Waals surface area contributed by atoms with E-state index in [1.165, 1.54) is 0 Å². The van der Waals surface area contributed by atoms with Crippen LogP contribution < -0.4 is 5.32 Å². The highest BCUT2D eigenvalue weighted by atomic mass is 16.4. The molecule has 0 aliphatic carbocycles. The number of rotatable bonds is 7. The molecule has 0 saturated heterocycles. The number of carbonyl (C=O) groups excluding carboxylic acids is 2. The number of carbonyl (C=O) groups is 3. The molecule has 1 aromatic carbocycles. The number of nitrogens with zero attached hydrogens (tertiary/aromatic N) is 1. The van der Waals surface area contributed by atoms with Crippen LogP contribution in [-0.2, 0) is 20.8 Å². The molecule has 0 bridgehead atoms. The van der Waals surface area contributed by atoms with E-state index in [1.807, 2.05) is 12.1 Å². The lowest BCUT2D eigenvalue weighted by Gasteiger charge is -2.10. The summed E-state index contributed by atoms with van der Waals surface area (Å²) in [6.07, 6.45) is 0.854. The van der Waals surface area contributed by atoms with Crippen LogP contribution in [0.5, 0.6) is 0 Å². The first kappa shape index (κ1) is 16.7. The van der Waals surface area contributed by atoms with Crippen LogP contribution in [-0.4, -0.2) is 41.9 Å². The minimum Gasteiger partial charge on any atom is -0.481 e. The fourth-order valence-corrected chi connectivity index (χ4v) is 1.67. The van der Waals surface area contributed by atoms with Gasteiger partial charge in [0.25, 0.3) is 0 Å². The Bertz CT molecular complexity index is 509. The Labute approximate surface area is 123 Å². The lowest BCUT2D eigenvalue weighted by atomic mass is 10.1. The van der Waals surface area contributed by atoms with Crippen molar-refractivity contribution in [1.82, 2.24) is 4.90 Å². The SMILES string of the molecule is CN(C)C(=O)CCc1ccc(NC(=O)CCC(=O)O)cc1. The molecule has 114 valence electrons. The highest BCUT2D eigenvalue weighted by Crippen LogP contribution is 2.12. The molecule has 0 aliphatic heterocycles. The fraction of sp³-hybridized carbons (Fsp3) is 0.400. The van der Waals surface area contributed by atoms with E-state index in [9.17, 15) is 14.4 Å². The number of carboxylic acid groups (broad SMARTS) is 1. The van der Waals surface area contributed by atoms with Crippen LogP contribution in [0.25, 0.3) is 0 Å². The second-order valence-corrected chi connectivity index (χ2v) is 4.93. The van der Waals surface area contributed by atoms with Crippen LogP contribution in [0.1, 0.15) is 24.8 Å². The normalized spacial score (nSPS) is 10.0. The predicted molar refractivity (Wildman–Crippen MR) is 79.0 cm³/mol. The average molecular weight is 292 g/mol. The van der Waals surface area contributed by atoms with Crippen LogP contribution in [0, 0.1) is 0 Å². The quantitative estimate of drug-likeness (QED) is 0.797. The second-order valence-electron chi connectivity index (χ2n) is 4.93. The Morgan fingerprint density at radius 3 is 2.19 bits per heavy atom. The van der Waals surface area contributed by atoms with Crippen LogP contribution in [0.15, 0.2) is 24.3 Å². The van der Waals surface area contributed by atoms with Gasteiger partial charge in [0.05, 0.1) is 6.42 Å². The molecule has 1 rings (SSSR count). The minimum absolute atomic E-state index is 0.0472. The summed E-state index contributed by atoms with van der Waals surface area (Å²) in [5.41, 5.74) is 1.63. The van der Waals surface area contributed by atoms with Gasteiger partial charge in [0.1, 0.15) is 0 Å². The van der Waals surface area contributed by atoms with Crippen molar-refractivity contribution in [3.63, 3.8) is 0 Å². The Morgan fingerprint density at radius 1 is 1.05 bits per heavy atom. The number of aliphatic carboxylic acids is 1. The second kappa shape index (κ2) is 8.04. The molecule has 6 heteroatoms. The van der Waals surface area contributed by atoms with Crippen LogP contribution in [0.3, 0.4) is 0 Å². The Kier molecular flexibility index (Phi) is 6.39. The van der Waals surface area contributed by atoms with Gasteiger partial charge in [-0.15, -0.1) is 0 Å². The van der Waals surface area contributed by atoms with Gasteiger partial charge in [-0.3, -0.25) is 14.4 Å². The van der Waals surface area contributed by atoms with Gasteiger partial charge < -0.3 is 15.3 Å². The Morgan fingerprint density at radius 2 is 1.67 bits per heavy atom. The van der Waals surface area contributed by atoms with Crippen molar-refractivity contribution in [2.24, 2.45) is 0 Å². The molecule has 0 heterocycles. The fourth-order valence-electron chi connectivity index (χ4n) is 1.67. The molecule has 2 N–H and O–H groups in total. The summed E-state index contributed by atoms with van der Waals surface area (Å²) in [5.74, 6) is -1.25. The van der Waals surface area contributed by atoms with Crippen molar-refractivity contribution in [3.8, 4) is 0 Å². The maximum atomic E-state index is 11.5. The van der Waals surface area contributed by atoms with Crippen molar-refractivity contribution >= 4 is 23.5 Å². The monoisotopic (exact) mass is 292 g/mol. The molecule has 0 atom stereocenters. The van der Waals surface area contributed by atoms with E-state index in [0.717, 1.165) is 5.56 Å². The summed E-state index contributed by atoms with van der Waals surface area (Å²) in [6, 6.07) is 7.17. The number of aryl methyl sites for hydroxylation is 1. The molecule has 0 unspecified atom stereocenters. The summed E-state index contributed by atoms with van der Waals surface area (Å²) in [5, 5.41) is 11.1. The standard InChI is InChI=1S/C15H20N2O4/c1-17(2)14(19)9-5-11-3-6-12(7-4-11)16-13(18)8-10-15(20)21/h3-4,6-7H,5,8-10H2,1-2H3,(H,16,18)(H,20,21). The topological polar surface area (TPSA) is 86.7 Å². The van der Waals surface area contributed by atoms with Gasteiger partial charge >= 0.3 is 5.97 Å². The number of anilines is 1. The van der Waals surface area contributed by atoms with Crippen molar-refractivity contribution < 1.29 is 19.5 Å². The van der Waals surface area contributed by atoms with E-state index in [1.54, 1.807) is 31.1 Å². The number of carboxylic acids is 1. The lowest BCUT2D eigenvalue weighted by molar-refractivity contribution is -0.138. The molecule has 0 saturated carbocycles. The van der Waals surface area contributed by atoms with E-state index in [2.05, 4.69) is 5.32 Å². The number of hydrogen-bond acceptors (Lipinski definition) is 3. The minimum atomic E-state index is -0.994. The molecule has 21 heavy (non-hydrogen) atoms. The van der Waals surface area contributed by atoms with Crippen molar-refractivity contribution in [1.29, 1.82) is 0 Å². The molecule has 1 aromatic rings. The molecule has 0 aromatic heterocycles. The zero-order valence-corrected chi connectivity index (χ0v) is 12.3. The van der Waals surface area contributed by atoms with Crippen LogP contribution in [0.2, 0.25) is 0 Å². The third-order valence-corrected chi connectivity index (χ3v) is 2.93. The lowest BCUT2D eigenvalue weighted by Crippen LogP contribution is -2.21. The number of hydrogen-bond donors (Lipinski definition) is 2. The molecule has 0 fully saturated rings. The summed E-state index contributed by atoms with van der Waals surface area (Å²) < 4.78 is 0. The molecule has 0 spiro atoms. The summed E-state index contributed by atoms with van der Waals surface area (Å²) in [7, 11) is 3.44. The Balaban J connectivity index is 2.45.